The lowest BCUT2D eigenvalue weighted by molar-refractivity contribution is -0.671. The summed E-state index contributed by atoms with van der Waals surface area (Å²) in [5.74, 6) is -1.18. The molecule has 1 aromatic heterocycles. The number of nitrogens with zero attached hydrogens (tertiary/aromatic N) is 1. The number of aromatic nitrogens is 1. The third-order valence-corrected chi connectivity index (χ3v) is 5.13. The molecule has 2 aromatic carbocycles. The van der Waals surface area contributed by atoms with Crippen LogP contribution in [0.1, 0.15) is 51.6 Å². The van der Waals surface area contributed by atoms with Crippen LogP contribution in [0.15, 0.2) is 79.1 Å². The van der Waals surface area contributed by atoms with Crippen molar-refractivity contribution < 1.29 is 23.7 Å². The molecule has 1 amide bonds. The fourth-order valence-electron chi connectivity index (χ4n) is 3.22. The molecule has 0 saturated carbocycles. The third-order valence-electron chi connectivity index (χ3n) is 5.13. The second-order valence-electron chi connectivity index (χ2n) is 7.75. The summed E-state index contributed by atoms with van der Waals surface area (Å²) in [5, 5.41) is 2.78. The van der Waals surface area contributed by atoms with E-state index in [0.717, 1.165) is 5.56 Å². The first kappa shape index (κ1) is 22.9. The molecule has 3 aromatic rings. The minimum Gasteiger partial charge on any atom is -0.460 e. The molecule has 0 saturated heterocycles. The van der Waals surface area contributed by atoms with E-state index in [0.29, 0.717) is 16.7 Å². The van der Waals surface area contributed by atoms with Gasteiger partial charge in [0.05, 0.1) is 12.5 Å². The molecule has 2 atom stereocenters. The first-order valence-electron chi connectivity index (χ1n) is 10.5. The molecule has 6 nitrogen and oxygen atoms in total. The first-order valence-corrected chi connectivity index (χ1v) is 10.5. The van der Waals surface area contributed by atoms with Gasteiger partial charge >= 0.3 is 5.97 Å². The van der Waals surface area contributed by atoms with Crippen molar-refractivity contribution in [2.24, 2.45) is 7.05 Å². The van der Waals surface area contributed by atoms with Gasteiger partial charge in [0.2, 0.25) is 0 Å². The highest BCUT2D eigenvalue weighted by molar-refractivity contribution is 6.09. The number of benzene rings is 2. The van der Waals surface area contributed by atoms with Crippen molar-refractivity contribution in [2.45, 2.75) is 25.9 Å². The summed E-state index contributed by atoms with van der Waals surface area (Å²) in [5.41, 5.74) is 2.47. The molecule has 0 aliphatic carbocycles. The van der Waals surface area contributed by atoms with Crippen LogP contribution in [0, 0.1) is 0 Å². The molecule has 0 bridgehead atoms. The zero-order valence-electron chi connectivity index (χ0n) is 18.4. The van der Waals surface area contributed by atoms with Gasteiger partial charge in [-0.1, -0.05) is 54.6 Å². The van der Waals surface area contributed by atoms with Gasteiger partial charge in [-0.25, -0.2) is 4.57 Å². The molecular weight excluding hydrogens is 404 g/mol. The average Bonchev–Trinajstić information content (AvgIpc) is 2.82. The minimum atomic E-state index is -0.498. The summed E-state index contributed by atoms with van der Waals surface area (Å²) in [6, 6.07) is 19.5. The molecule has 0 radical (unpaired) electrons. The third kappa shape index (κ3) is 5.88. The van der Waals surface area contributed by atoms with E-state index in [2.05, 4.69) is 5.32 Å². The molecule has 0 aliphatic rings. The number of hydrogen-bond acceptors (Lipinski definition) is 4. The van der Waals surface area contributed by atoms with Gasteiger partial charge in [-0.2, -0.15) is 0 Å². The summed E-state index contributed by atoms with van der Waals surface area (Å²) in [6.45, 7) is 3.70. The number of hydrogen-bond donors (Lipinski definition) is 1. The van der Waals surface area contributed by atoms with Gasteiger partial charge in [-0.15, -0.1) is 0 Å². The van der Waals surface area contributed by atoms with E-state index >= 15 is 0 Å². The van der Waals surface area contributed by atoms with Crippen molar-refractivity contribution in [3.05, 3.63) is 101 Å². The van der Waals surface area contributed by atoms with Crippen LogP contribution in [0.5, 0.6) is 0 Å². The predicted molar refractivity (Wildman–Crippen MR) is 120 cm³/mol. The van der Waals surface area contributed by atoms with Crippen LogP contribution in [-0.2, 0) is 16.6 Å². The Hall–Kier alpha value is -3.80. The number of aryl methyl sites for hydroxylation is 1. The molecule has 0 spiro atoms. The van der Waals surface area contributed by atoms with Crippen LogP contribution >= 0.6 is 0 Å². The van der Waals surface area contributed by atoms with Crippen molar-refractivity contribution in [1.29, 1.82) is 0 Å². The fourth-order valence-corrected chi connectivity index (χ4v) is 3.22. The largest absolute Gasteiger partial charge is 0.460 e. The van der Waals surface area contributed by atoms with Gasteiger partial charge in [0.1, 0.15) is 18.7 Å². The van der Waals surface area contributed by atoms with E-state index in [-0.39, 0.29) is 24.2 Å². The summed E-state index contributed by atoms with van der Waals surface area (Å²) in [4.78, 5) is 37.3. The van der Waals surface area contributed by atoms with Crippen molar-refractivity contribution in [3.8, 4) is 0 Å². The number of rotatable bonds is 8. The Labute approximate surface area is 187 Å². The van der Waals surface area contributed by atoms with Crippen molar-refractivity contribution in [3.63, 3.8) is 0 Å². The Morgan fingerprint density at radius 3 is 2.16 bits per heavy atom. The topological polar surface area (TPSA) is 76.4 Å². The SMILES string of the molecule is CC(CNC(=O)c1ccc[n+](C)c1)OC(=O)C(C)c1ccc(C(=O)c2ccccc2)cc1. The Balaban J connectivity index is 1.53. The maximum Gasteiger partial charge on any atom is 0.313 e. The second-order valence-corrected chi connectivity index (χ2v) is 7.75. The van der Waals surface area contributed by atoms with Crippen LogP contribution < -0.4 is 9.88 Å². The van der Waals surface area contributed by atoms with Gasteiger partial charge in [0.15, 0.2) is 18.2 Å². The lowest BCUT2D eigenvalue weighted by Crippen LogP contribution is -2.36. The molecule has 0 fully saturated rings. The molecular formula is C26H27N2O4+. The number of esters is 1. The van der Waals surface area contributed by atoms with Crippen LogP contribution in [0.3, 0.4) is 0 Å². The fraction of sp³-hybridized carbons (Fsp3) is 0.231. The van der Waals surface area contributed by atoms with Crippen LogP contribution in [-0.4, -0.2) is 30.3 Å². The second kappa shape index (κ2) is 10.5. The van der Waals surface area contributed by atoms with Crippen molar-refractivity contribution >= 4 is 17.7 Å². The molecule has 1 heterocycles. The van der Waals surface area contributed by atoms with E-state index in [9.17, 15) is 14.4 Å². The van der Waals surface area contributed by atoms with Crippen LogP contribution in [0.25, 0.3) is 0 Å². The number of pyridine rings is 1. The lowest BCUT2D eigenvalue weighted by Gasteiger charge is -2.17. The zero-order valence-corrected chi connectivity index (χ0v) is 18.4. The number of nitrogens with one attached hydrogen (secondary N) is 1. The van der Waals surface area contributed by atoms with E-state index < -0.39 is 12.0 Å². The number of ether oxygens (including phenoxy) is 1. The Morgan fingerprint density at radius 1 is 0.875 bits per heavy atom. The van der Waals surface area contributed by atoms with Gasteiger partial charge < -0.3 is 10.1 Å². The molecule has 0 aliphatic heterocycles. The Morgan fingerprint density at radius 2 is 1.50 bits per heavy atom. The molecule has 32 heavy (non-hydrogen) atoms. The minimum absolute atomic E-state index is 0.0660. The Kier molecular flexibility index (Phi) is 7.49. The number of carbonyl (C=O) groups excluding carboxylic acids is 3. The van der Waals surface area contributed by atoms with Crippen molar-refractivity contribution in [1.82, 2.24) is 5.32 Å². The summed E-state index contributed by atoms with van der Waals surface area (Å²) in [7, 11) is 1.84. The smallest absolute Gasteiger partial charge is 0.313 e. The van der Waals surface area contributed by atoms with Crippen molar-refractivity contribution in [2.75, 3.05) is 6.54 Å². The monoisotopic (exact) mass is 431 g/mol. The standard InChI is InChI=1S/C26H26N2O4/c1-18(16-27-25(30)23-10-7-15-28(3)17-23)32-26(31)19(2)20-11-13-22(14-12-20)24(29)21-8-5-4-6-9-21/h4-15,17-19H,16H2,1-3H3/p+1. The lowest BCUT2D eigenvalue weighted by atomic mass is 9.97. The van der Waals surface area contributed by atoms with E-state index in [1.807, 2.05) is 31.4 Å². The highest BCUT2D eigenvalue weighted by Gasteiger charge is 2.20. The van der Waals surface area contributed by atoms with Gasteiger partial charge in [0, 0.05) is 17.2 Å². The number of carbonyl (C=O) groups is 3. The zero-order chi connectivity index (χ0) is 23.1. The molecule has 1 N–H and O–H groups in total. The van der Waals surface area contributed by atoms with Crippen LogP contribution in [0.2, 0.25) is 0 Å². The average molecular weight is 432 g/mol. The molecule has 164 valence electrons. The molecule has 6 heteroatoms. The summed E-state index contributed by atoms with van der Waals surface area (Å²) in [6.07, 6.45) is 3.08. The quantitative estimate of drug-likeness (QED) is 0.338. The van der Waals surface area contributed by atoms with Gasteiger partial charge in [-0.05, 0) is 25.5 Å². The van der Waals surface area contributed by atoms with Gasteiger partial charge in [0.25, 0.3) is 5.91 Å². The maximum absolute atomic E-state index is 12.5. The molecule has 3 rings (SSSR count). The number of ketones is 1. The normalized spacial score (nSPS) is 12.5. The van der Waals surface area contributed by atoms with E-state index in [4.69, 9.17) is 4.74 Å². The Bertz CT molecular complexity index is 1090. The highest BCUT2D eigenvalue weighted by Crippen LogP contribution is 2.19. The highest BCUT2D eigenvalue weighted by atomic mass is 16.5. The van der Waals surface area contributed by atoms with Crippen LogP contribution in [0.4, 0.5) is 0 Å². The summed E-state index contributed by atoms with van der Waals surface area (Å²) >= 11 is 0. The predicted octanol–water partition coefficient (Wildman–Crippen LogP) is 3.21. The van der Waals surface area contributed by atoms with Gasteiger partial charge in [-0.3, -0.25) is 14.4 Å². The molecule has 2 unspecified atom stereocenters. The summed E-state index contributed by atoms with van der Waals surface area (Å²) < 4.78 is 7.29. The number of amides is 1. The van der Waals surface area contributed by atoms with E-state index in [1.165, 1.54) is 0 Å². The maximum atomic E-state index is 12.5. The van der Waals surface area contributed by atoms with E-state index in [1.54, 1.807) is 73.1 Å². The first-order chi connectivity index (χ1) is 15.3.